The van der Waals surface area contributed by atoms with E-state index in [2.05, 4.69) is 6.07 Å². The van der Waals surface area contributed by atoms with Gasteiger partial charge in [0.1, 0.15) is 0 Å². The Hall–Kier alpha value is -0.223. The fourth-order valence-corrected chi connectivity index (χ4v) is 0.557. The third-order valence-corrected chi connectivity index (χ3v) is 0.993. The summed E-state index contributed by atoms with van der Waals surface area (Å²) in [6.07, 6.45) is 0. The molecule has 10 heavy (non-hydrogen) atoms. The molecule has 1 aromatic carbocycles. The number of nitrogens with two attached hydrogens (primary N) is 1. The molecule has 0 heterocycles. The van der Waals surface area contributed by atoms with Crippen molar-refractivity contribution in [3.8, 4) is 0 Å². The number of rotatable bonds is 1. The second kappa shape index (κ2) is 6.89. The summed E-state index contributed by atoms with van der Waals surface area (Å²) in [6.45, 7) is 0.584. The Labute approximate surface area is 71.8 Å². The molecule has 0 amide bonds. The van der Waals surface area contributed by atoms with E-state index in [1.54, 1.807) is 0 Å². The average Bonchev–Trinajstić information content (AvgIpc) is 2.10. The molecule has 2 N–H and O–H groups in total. The van der Waals surface area contributed by atoms with E-state index in [4.69, 9.17) is 5.73 Å². The quantitative estimate of drug-likeness (QED) is 0.564. The summed E-state index contributed by atoms with van der Waals surface area (Å²) in [6, 6.07) is 10.7. The van der Waals surface area contributed by atoms with E-state index in [0.717, 1.165) is 5.56 Å². The molecule has 49 valence electrons. The Morgan fingerprint density at radius 2 is 2.20 bits per heavy atom. The zero-order valence-corrected chi connectivity index (χ0v) is 6.59. The third kappa shape index (κ3) is 3.74. The van der Waals surface area contributed by atoms with E-state index in [-0.39, 0.29) is 0 Å². The van der Waals surface area contributed by atoms with Crippen LogP contribution in [0.1, 0.15) is 5.56 Å². The normalized spacial score (nSPS) is 8.00. The van der Waals surface area contributed by atoms with Gasteiger partial charge in [-0.3, -0.25) is 0 Å². The Balaban J connectivity index is 0.000000371. The van der Waals surface area contributed by atoms with Crippen molar-refractivity contribution in [2.45, 2.75) is 12.1 Å². The van der Waals surface area contributed by atoms with Crippen LogP contribution in [0.3, 0.4) is 0 Å². The van der Waals surface area contributed by atoms with Crippen molar-refractivity contribution in [1.82, 2.24) is 0 Å². The molecular formula is C8H11LiN. The maximum absolute atomic E-state index is 5.32. The fraction of sp³-hybridized carbons (Fsp3) is 0.250. The fourth-order valence-electron chi connectivity index (χ4n) is 0.557. The molecule has 0 unspecified atom stereocenters. The van der Waals surface area contributed by atoms with Gasteiger partial charge < -0.3 is 5.73 Å². The van der Waals surface area contributed by atoms with Gasteiger partial charge in [-0.05, 0) is 11.6 Å². The molecular weight excluding hydrogens is 117 g/mol. The number of hydrogen-bond acceptors (Lipinski definition) is 1. The van der Waals surface area contributed by atoms with Crippen LogP contribution in [-0.2, 0) is 6.54 Å². The zero-order chi connectivity index (χ0) is 7.82. The third-order valence-electron chi connectivity index (χ3n) is 0.993. The first kappa shape index (κ1) is 9.78. The summed E-state index contributed by atoms with van der Waals surface area (Å²) in [5.41, 5.74) is 8.38. The van der Waals surface area contributed by atoms with Crippen molar-refractivity contribution in [2.24, 2.45) is 5.73 Å². The SMILES string of the molecule is NCc1[c]cccc1.[Li][CH3]. The van der Waals surface area contributed by atoms with Crippen molar-refractivity contribution in [3.63, 3.8) is 0 Å². The summed E-state index contributed by atoms with van der Waals surface area (Å²) < 4.78 is 0. The van der Waals surface area contributed by atoms with Gasteiger partial charge in [0.25, 0.3) is 0 Å². The van der Waals surface area contributed by atoms with Gasteiger partial charge in [-0.1, -0.05) is 24.3 Å². The minimum absolute atomic E-state index is 0.584. The van der Waals surface area contributed by atoms with Crippen LogP contribution < -0.4 is 5.73 Å². The van der Waals surface area contributed by atoms with Gasteiger partial charge >= 0.3 is 23.3 Å². The first-order chi connectivity index (χ1) is 4.93. The van der Waals surface area contributed by atoms with Crippen molar-refractivity contribution in [1.29, 1.82) is 0 Å². The number of benzene rings is 1. The molecule has 0 aliphatic carbocycles. The van der Waals surface area contributed by atoms with Crippen molar-refractivity contribution < 1.29 is 0 Å². The summed E-state index contributed by atoms with van der Waals surface area (Å²) in [5, 5.41) is 0. The molecule has 0 aromatic heterocycles. The molecule has 1 aromatic rings. The van der Waals surface area contributed by atoms with E-state index < -0.39 is 0 Å². The number of hydrogen-bond donors (Lipinski definition) is 1. The second-order valence-corrected chi connectivity index (χ2v) is 1.59. The molecule has 1 rings (SSSR count). The summed E-state index contributed by atoms with van der Waals surface area (Å²) in [4.78, 5) is 0. The van der Waals surface area contributed by atoms with Crippen molar-refractivity contribution in [3.05, 3.63) is 35.9 Å². The summed E-state index contributed by atoms with van der Waals surface area (Å²) in [7, 11) is 0. The molecule has 0 aliphatic heterocycles. The Kier molecular flexibility index (Phi) is 6.74. The van der Waals surface area contributed by atoms with E-state index in [1.807, 2.05) is 47.6 Å². The molecule has 2 heteroatoms. The molecule has 0 aliphatic rings. The van der Waals surface area contributed by atoms with Crippen LogP contribution in [-0.4, -0.2) is 17.7 Å². The van der Waals surface area contributed by atoms with Gasteiger partial charge in [0.2, 0.25) is 0 Å². The Morgan fingerprint density at radius 3 is 2.50 bits per heavy atom. The van der Waals surface area contributed by atoms with Crippen LogP contribution in [0.5, 0.6) is 0 Å². The van der Waals surface area contributed by atoms with Gasteiger partial charge in [-0.25, -0.2) is 0 Å². The maximum atomic E-state index is 5.32. The van der Waals surface area contributed by atoms with Gasteiger partial charge in [0.05, 0.1) is 0 Å². The molecule has 0 saturated heterocycles. The van der Waals surface area contributed by atoms with Gasteiger partial charge in [0, 0.05) is 6.54 Å². The van der Waals surface area contributed by atoms with E-state index in [0.29, 0.717) is 6.54 Å². The first-order valence-corrected chi connectivity index (χ1v) is 3.59. The predicted molar refractivity (Wildman–Crippen MR) is 44.8 cm³/mol. The molecule has 0 fully saturated rings. The van der Waals surface area contributed by atoms with Gasteiger partial charge in [-0.2, -0.15) is 0 Å². The molecule has 1 radical (unpaired) electrons. The molecule has 0 bridgehead atoms. The summed E-state index contributed by atoms with van der Waals surface area (Å²) >= 11 is 2.00. The van der Waals surface area contributed by atoms with Crippen LogP contribution >= 0.6 is 0 Å². The Bertz CT molecular complexity index is 151. The van der Waals surface area contributed by atoms with Crippen LogP contribution in [0.4, 0.5) is 0 Å². The van der Waals surface area contributed by atoms with Crippen molar-refractivity contribution >= 4 is 17.7 Å². The van der Waals surface area contributed by atoms with Gasteiger partial charge in [0.15, 0.2) is 0 Å². The monoisotopic (exact) mass is 128 g/mol. The van der Waals surface area contributed by atoms with E-state index in [1.165, 1.54) is 0 Å². The second-order valence-electron chi connectivity index (χ2n) is 1.59. The van der Waals surface area contributed by atoms with Crippen LogP contribution in [0.2, 0.25) is 5.60 Å². The average molecular weight is 128 g/mol. The molecule has 0 spiro atoms. The van der Waals surface area contributed by atoms with Crippen LogP contribution in [0.15, 0.2) is 24.3 Å². The van der Waals surface area contributed by atoms with Gasteiger partial charge in [-0.15, -0.1) is 0 Å². The molecule has 0 saturated carbocycles. The Morgan fingerprint density at radius 1 is 1.50 bits per heavy atom. The zero-order valence-electron chi connectivity index (χ0n) is 6.59. The van der Waals surface area contributed by atoms with E-state index in [9.17, 15) is 0 Å². The molecule has 0 atom stereocenters. The first-order valence-electron chi connectivity index (χ1n) is 3.59. The van der Waals surface area contributed by atoms with E-state index >= 15 is 0 Å². The minimum atomic E-state index is 0.584. The molecule has 1 nitrogen and oxygen atoms in total. The topological polar surface area (TPSA) is 26.0 Å². The van der Waals surface area contributed by atoms with Crippen LogP contribution in [0, 0.1) is 6.07 Å². The summed E-state index contributed by atoms with van der Waals surface area (Å²) in [5.74, 6) is 0. The predicted octanol–water partition coefficient (Wildman–Crippen LogP) is 1.15. The van der Waals surface area contributed by atoms with Crippen molar-refractivity contribution in [2.75, 3.05) is 0 Å². The van der Waals surface area contributed by atoms with Crippen LogP contribution in [0.25, 0.3) is 0 Å². The standard InChI is InChI=1S/C7H8N.CH3.Li/c8-6-7-4-2-1-3-5-7;;/h1-4H,6,8H2;1H3;.